The van der Waals surface area contributed by atoms with Gasteiger partial charge in [0.2, 0.25) is 0 Å². The molecule has 13 heavy (non-hydrogen) atoms. The van der Waals surface area contributed by atoms with Crippen molar-refractivity contribution in [3.05, 3.63) is 0 Å². The van der Waals surface area contributed by atoms with E-state index in [-0.39, 0.29) is 5.60 Å². The Balaban J connectivity index is 3.82. The molecule has 0 rings (SSSR count). The topological polar surface area (TPSA) is 21.3 Å². The maximum atomic E-state index is 5.74. The molecule has 0 aliphatic heterocycles. The zero-order valence-corrected chi connectivity index (χ0v) is 9.98. The first-order valence-electron chi connectivity index (χ1n) is 5.24. The molecular weight excluding hydrogens is 162 g/mol. The highest BCUT2D eigenvalue weighted by Crippen LogP contribution is 2.10. The van der Waals surface area contributed by atoms with Crippen molar-refractivity contribution in [2.75, 3.05) is 13.2 Å². The van der Waals surface area contributed by atoms with Crippen molar-refractivity contribution in [2.45, 2.75) is 53.2 Å². The van der Waals surface area contributed by atoms with Crippen LogP contribution in [0.25, 0.3) is 0 Å². The minimum Gasteiger partial charge on any atom is -0.374 e. The van der Waals surface area contributed by atoms with Gasteiger partial charge >= 0.3 is 0 Å². The lowest BCUT2D eigenvalue weighted by molar-refractivity contribution is -0.0199. The van der Waals surface area contributed by atoms with Gasteiger partial charge in [-0.1, -0.05) is 20.8 Å². The highest BCUT2D eigenvalue weighted by Gasteiger charge is 2.16. The van der Waals surface area contributed by atoms with E-state index in [1.807, 2.05) is 0 Å². The molecule has 1 N–H and O–H groups in total. The Morgan fingerprint density at radius 2 is 1.77 bits per heavy atom. The molecule has 2 heteroatoms. The first kappa shape index (κ1) is 12.9. The molecule has 0 aromatic carbocycles. The van der Waals surface area contributed by atoms with Crippen LogP contribution in [0.5, 0.6) is 0 Å². The van der Waals surface area contributed by atoms with E-state index in [0.717, 1.165) is 13.2 Å². The van der Waals surface area contributed by atoms with Crippen LogP contribution in [-0.2, 0) is 4.74 Å². The van der Waals surface area contributed by atoms with Crippen LogP contribution in [0.3, 0.4) is 0 Å². The molecule has 0 heterocycles. The van der Waals surface area contributed by atoms with Crippen molar-refractivity contribution >= 4 is 0 Å². The van der Waals surface area contributed by atoms with Gasteiger partial charge in [-0.05, 0) is 33.2 Å². The standard InChI is InChI=1S/C11H25NO/c1-7-12-10(9(2)3)8-13-11(4,5)6/h9-10,12H,7-8H2,1-6H3. The molecule has 0 amide bonds. The molecule has 80 valence electrons. The Hall–Kier alpha value is -0.0800. The maximum absolute atomic E-state index is 5.74. The molecule has 2 nitrogen and oxygen atoms in total. The van der Waals surface area contributed by atoms with Crippen molar-refractivity contribution in [3.63, 3.8) is 0 Å². The first-order valence-corrected chi connectivity index (χ1v) is 5.24. The summed E-state index contributed by atoms with van der Waals surface area (Å²) in [5.74, 6) is 0.627. The van der Waals surface area contributed by atoms with Crippen LogP contribution in [0.2, 0.25) is 0 Å². The van der Waals surface area contributed by atoms with E-state index in [1.165, 1.54) is 0 Å². The van der Waals surface area contributed by atoms with Crippen LogP contribution in [-0.4, -0.2) is 24.8 Å². The third-order valence-electron chi connectivity index (χ3n) is 1.97. The van der Waals surface area contributed by atoms with E-state index in [1.54, 1.807) is 0 Å². The normalized spacial score (nSPS) is 15.0. The zero-order chi connectivity index (χ0) is 10.5. The van der Waals surface area contributed by atoms with Crippen molar-refractivity contribution in [3.8, 4) is 0 Å². The molecule has 0 bridgehead atoms. The lowest BCUT2D eigenvalue weighted by Crippen LogP contribution is -2.40. The Bertz CT molecular complexity index is 127. The Morgan fingerprint density at radius 1 is 1.23 bits per heavy atom. The summed E-state index contributed by atoms with van der Waals surface area (Å²) >= 11 is 0. The average molecular weight is 187 g/mol. The van der Waals surface area contributed by atoms with Gasteiger partial charge in [0, 0.05) is 6.04 Å². The van der Waals surface area contributed by atoms with Crippen LogP contribution in [0.15, 0.2) is 0 Å². The molecule has 0 aromatic rings. The Morgan fingerprint density at radius 3 is 2.08 bits per heavy atom. The third-order valence-corrected chi connectivity index (χ3v) is 1.97. The van der Waals surface area contributed by atoms with E-state index >= 15 is 0 Å². The van der Waals surface area contributed by atoms with E-state index < -0.39 is 0 Å². The molecular formula is C11H25NO. The minimum atomic E-state index is -0.0252. The van der Waals surface area contributed by atoms with Gasteiger partial charge in [0.1, 0.15) is 0 Å². The van der Waals surface area contributed by atoms with Crippen LogP contribution >= 0.6 is 0 Å². The lowest BCUT2D eigenvalue weighted by atomic mass is 10.1. The number of ether oxygens (including phenoxy) is 1. The van der Waals surface area contributed by atoms with E-state index in [9.17, 15) is 0 Å². The molecule has 1 unspecified atom stereocenters. The molecule has 0 saturated heterocycles. The van der Waals surface area contributed by atoms with Crippen molar-refractivity contribution in [1.29, 1.82) is 0 Å². The van der Waals surface area contributed by atoms with Gasteiger partial charge < -0.3 is 10.1 Å². The SMILES string of the molecule is CCNC(COC(C)(C)C)C(C)C. The second-order valence-electron chi connectivity index (χ2n) is 4.83. The quantitative estimate of drug-likeness (QED) is 0.714. The van der Waals surface area contributed by atoms with Gasteiger partial charge in [0.25, 0.3) is 0 Å². The fourth-order valence-corrected chi connectivity index (χ4v) is 1.09. The van der Waals surface area contributed by atoms with Crippen molar-refractivity contribution in [2.24, 2.45) is 5.92 Å². The number of hydrogen-bond donors (Lipinski definition) is 1. The molecule has 0 radical (unpaired) electrons. The molecule has 0 spiro atoms. The van der Waals surface area contributed by atoms with Gasteiger partial charge in [-0.2, -0.15) is 0 Å². The number of hydrogen-bond acceptors (Lipinski definition) is 2. The predicted molar refractivity (Wildman–Crippen MR) is 58.0 cm³/mol. The Kier molecular flexibility index (Phi) is 5.57. The summed E-state index contributed by atoms with van der Waals surface area (Å²) in [4.78, 5) is 0. The molecule has 1 atom stereocenters. The Labute approximate surface area is 83.1 Å². The van der Waals surface area contributed by atoms with Crippen LogP contribution in [0, 0.1) is 5.92 Å². The van der Waals surface area contributed by atoms with Crippen molar-refractivity contribution in [1.82, 2.24) is 5.32 Å². The molecule has 0 saturated carbocycles. The lowest BCUT2D eigenvalue weighted by Gasteiger charge is -2.27. The van der Waals surface area contributed by atoms with Crippen LogP contribution in [0.4, 0.5) is 0 Å². The van der Waals surface area contributed by atoms with Gasteiger partial charge in [0.15, 0.2) is 0 Å². The summed E-state index contributed by atoms with van der Waals surface area (Å²) < 4.78 is 5.74. The summed E-state index contributed by atoms with van der Waals surface area (Å²) in [7, 11) is 0. The first-order chi connectivity index (χ1) is 5.87. The van der Waals surface area contributed by atoms with E-state index in [0.29, 0.717) is 12.0 Å². The van der Waals surface area contributed by atoms with Gasteiger partial charge in [-0.15, -0.1) is 0 Å². The van der Waals surface area contributed by atoms with Gasteiger partial charge in [0.05, 0.1) is 12.2 Å². The molecule has 0 aromatic heterocycles. The van der Waals surface area contributed by atoms with Crippen LogP contribution in [0.1, 0.15) is 41.5 Å². The number of rotatable bonds is 5. The van der Waals surface area contributed by atoms with E-state index in [4.69, 9.17) is 4.74 Å². The highest BCUT2D eigenvalue weighted by molar-refractivity contribution is 4.71. The summed E-state index contributed by atoms with van der Waals surface area (Å²) in [5, 5.41) is 3.43. The summed E-state index contributed by atoms with van der Waals surface area (Å²) in [6.07, 6.45) is 0. The van der Waals surface area contributed by atoms with Gasteiger partial charge in [-0.25, -0.2) is 0 Å². The largest absolute Gasteiger partial charge is 0.374 e. The third kappa shape index (κ3) is 7.03. The zero-order valence-electron chi connectivity index (χ0n) is 9.98. The van der Waals surface area contributed by atoms with Crippen molar-refractivity contribution < 1.29 is 4.74 Å². The fraction of sp³-hybridized carbons (Fsp3) is 1.00. The second kappa shape index (κ2) is 5.61. The average Bonchev–Trinajstić information content (AvgIpc) is 1.95. The van der Waals surface area contributed by atoms with Gasteiger partial charge in [-0.3, -0.25) is 0 Å². The molecule has 0 fully saturated rings. The predicted octanol–water partition coefficient (Wildman–Crippen LogP) is 2.44. The van der Waals surface area contributed by atoms with Crippen LogP contribution < -0.4 is 5.32 Å². The fourth-order valence-electron chi connectivity index (χ4n) is 1.09. The monoisotopic (exact) mass is 187 g/mol. The molecule has 0 aliphatic rings. The smallest absolute Gasteiger partial charge is 0.0629 e. The summed E-state index contributed by atoms with van der Waals surface area (Å²) in [6.45, 7) is 14.7. The minimum absolute atomic E-state index is 0.0252. The summed E-state index contributed by atoms with van der Waals surface area (Å²) in [6, 6.07) is 0.476. The number of likely N-dealkylation sites (N-methyl/N-ethyl adjacent to an activating group) is 1. The summed E-state index contributed by atoms with van der Waals surface area (Å²) in [5.41, 5.74) is -0.0252. The maximum Gasteiger partial charge on any atom is 0.0629 e. The second-order valence-corrected chi connectivity index (χ2v) is 4.83. The number of nitrogens with one attached hydrogen (secondary N) is 1. The highest BCUT2D eigenvalue weighted by atomic mass is 16.5. The molecule has 0 aliphatic carbocycles. The van der Waals surface area contributed by atoms with E-state index in [2.05, 4.69) is 46.9 Å².